The average molecular weight is 373 g/mol. The molecule has 2 unspecified atom stereocenters. The third-order valence-corrected chi connectivity index (χ3v) is 4.86. The van der Waals surface area contributed by atoms with Crippen molar-refractivity contribution in [2.75, 3.05) is 18.6 Å². The highest BCUT2D eigenvalue weighted by Crippen LogP contribution is 2.27. The number of hydrogen-bond acceptors (Lipinski definition) is 3. The fourth-order valence-corrected chi connectivity index (χ4v) is 3.19. The molecule has 1 fully saturated rings. The van der Waals surface area contributed by atoms with E-state index in [0.29, 0.717) is 11.6 Å². The summed E-state index contributed by atoms with van der Waals surface area (Å²) in [5.41, 5.74) is 1.75. The second kappa shape index (κ2) is 7.79. The summed E-state index contributed by atoms with van der Waals surface area (Å²) in [5.74, 6) is 0.244. The van der Waals surface area contributed by atoms with Gasteiger partial charge in [-0.15, -0.1) is 0 Å². The number of carbonyl (C=O) groups excluding carboxylic acids is 2. The van der Waals surface area contributed by atoms with Crippen LogP contribution in [0.25, 0.3) is 0 Å². The average Bonchev–Trinajstić information content (AvgIpc) is 3.04. The summed E-state index contributed by atoms with van der Waals surface area (Å²) < 4.78 is 5.15. The molecule has 3 rings (SSSR count). The van der Waals surface area contributed by atoms with Gasteiger partial charge >= 0.3 is 0 Å². The van der Waals surface area contributed by atoms with Crippen molar-refractivity contribution in [3.63, 3.8) is 0 Å². The Hall–Kier alpha value is -2.53. The summed E-state index contributed by atoms with van der Waals surface area (Å²) in [4.78, 5) is 26.5. The Balaban J connectivity index is 1.63. The third-order valence-electron chi connectivity index (χ3n) is 4.61. The highest BCUT2D eigenvalue weighted by atomic mass is 35.5. The van der Waals surface area contributed by atoms with E-state index in [4.69, 9.17) is 16.3 Å². The van der Waals surface area contributed by atoms with Gasteiger partial charge in [0.15, 0.2) is 0 Å². The highest BCUT2D eigenvalue weighted by molar-refractivity contribution is 6.30. The largest absolute Gasteiger partial charge is 0.497 e. The van der Waals surface area contributed by atoms with Crippen molar-refractivity contribution in [3.05, 3.63) is 59.1 Å². The zero-order valence-electron chi connectivity index (χ0n) is 14.7. The van der Waals surface area contributed by atoms with Crippen LogP contribution in [0.2, 0.25) is 5.02 Å². The van der Waals surface area contributed by atoms with Gasteiger partial charge in [0, 0.05) is 23.7 Å². The molecule has 1 aliphatic heterocycles. The van der Waals surface area contributed by atoms with Gasteiger partial charge in [-0.1, -0.05) is 23.7 Å². The Labute approximate surface area is 157 Å². The number of halogens is 1. The molecule has 2 aromatic carbocycles. The maximum Gasteiger partial charge on any atom is 0.227 e. The zero-order valence-corrected chi connectivity index (χ0v) is 15.5. The lowest BCUT2D eigenvalue weighted by Crippen LogP contribution is -2.34. The molecule has 0 spiro atoms. The van der Waals surface area contributed by atoms with Gasteiger partial charge in [0.05, 0.1) is 19.1 Å². The molecule has 0 saturated carbocycles. The molecule has 1 N–H and O–H groups in total. The number of hydrogen-bond donors (Lipinski definition) is 1. The van der Waals surface area contributed by atoms with Gasteiger partial charge < -0.3 is 15.0 Å². The van der Waals surface area contributed by atoms with Crippen LogP contribution < -0.4 is 15.0 Å². The second-order valence-corrected chi connectivity index (χ2v) is 6.82. The molecular formula is C20H21ClN2O3. The number of anilines is 1. The maximum absolute atomic E-state index is 12.6. The smallest absolute Gasteiger partial charge is 0.227 e. The van der Waals surface area contributed by atoms with Gasteiger partial charge in [0.25, 0.3) is 0 Å². The fourth-order valence-electron chi connectivity index (χ4n) is 3.06. The molecule has 136 valence electrons. The van der Waals surface area contributed by atoms with Crippen LogP contribution >= 0.6 is 11.6 Å². The van der Waals surface area contributed by atoms with Crippen molar-refractivity contribution in [1.29, 1.82) is 0 Å². The van der Waals surface area contributed by atoms with Crippen molar-refractivity contribution in [3.8, 4) is 5.75 Å². The Morgan fingerprint density at radius 2 is 1.85 bits per heavy atom. The van der Waals surface area contributed by atoms with Crippen LogP contribution in [0.5, 0.6) is 5.75 Å². The summed E-state index contributed by atoms with van der Waals surface area (Å²) in [6.45, 7) is 2.30. The van der Waals surface area contributed by atoms with E-state index in [1.54, 1.807) is 36.3 Å². The molecule has 2 amide bonds. The summed E-state index contributed by atoms with van der Waals surface area (Å²) in [5, 5.41) is 3.61. The number of benzene rings is 2. The fraction of sp³-hybridized carbons (Fsp3) is 0.300. The molecule has 2 aromatic rings. The summed E-state index contributed by atoms with van der Waals surface area (Å²) in [6.07, 6.45) is 0.212. The lowest BCUT2D eigenvalue weighted by molar-refractivity contribution is -0.126. The first kappa shape index (κ1) is 18.3. The van der Waals surface area contributed by atoms with E-state index in [9.17, 15) is 9.59 Å². The van der Waals surface area contributed by atoms with Crippen LogP contribution in [-0.4, -0.2) is 25.5 Å². The van der Waals surface area contributed by atoms with Gasteiger partial charge in [-0.05, 0) is 48.9 Å². The first-order valence-electron chi connectivity index (χ1n) is 8.48. The quantitative estimate of drug-likeness (QED) is 0.872. The number of nitrogens with one attached hydrogen (secondary N) is 1. The molecule has 1 heterocycles. The minimum absolute atomic E-state index is 0.0513. The molecule has 0 aliphatic carbocycles. The lowest BCUT2D eigenvalue weighted by Gasteiger charge is -2.19. The zero-order chi connectivity index (χ0) is 18.7. The lowest BCUT2D eigenvalue weighted by atomic mass is 10.0. The molecular weight excluding hydrogens is 352 g/mol. The molecule has 5 nitrogen and oxygen atoms in total. The predicted octanol–water partition coefficient (Wildman–Crippen LogP) is 3.58. The molecule has 2 atom stereocenters. The maximum atomic E-state index is 12.6. The van der Waals surface area contributed by atoms with E-state index < -0.39 is 0 Å². The Morgan fingerprint density at radius 3 is 2.46 bits per heavy atom. The van der Waals surface area contributed by atoms with Crippen LogP contribution in [0, 0.1) is 5.92 Å². The van der Waals surface area contributed by atoms with Gasteiger partial charge in [-0.3, -0.25) is 9.59 Å². The van der Waals surface area contributed by atoms with E-state index in [-0.39, 0.29) is 30.2 Å². The van der Waals surface area contributed by atoms with Crippen LogP contribution in [-0.2, 0) is 9.59 Å². The molecule has 0 bridgehead atoms. The van der Waals surface area contributed by atoms with Crippen molar-refractivity contribution < 1.29 is 14.3 Å². The topological polar surface area (TPSA) is 58.6 Å². The number of methoxy groups -OCH3 is 1. The molecule has 1 aliphatic rings. The second-order valence-electron chi connectivity index (χ2n) is 6.39. The van der Waals surface area contributed by atoms with Gasteiger partial charge in [0.1, 0.15) is 5.75 Å². The van der Waals surface area contributed by atoms with Crippen LogP contribution in [0.4, 0.5) is 5.69 Å². The van der Waals surface area contributed by atoms with Crippen LogP contribution in [0.1, 0.15) is 24.9 Å². The molecule has 0 radical (unpaired) electrons. The number of nitrogens with zero attached hydrogens (tertiary/aromatic N) is 1. The third kappa shape index (κ3) is 3.99. The minimum Gasteiger partial charge on any atom is -0.497 e. The first-order valence-corrected chi connectivity index (χ1v) is 8.86. The molecule has 1 saturated heterocycles. The molecule has 6 heteroatoms. The van der Waals surface area contributed by atoms with Crippen LogP contribution in [0.3, 0.4) is 0 Å². The van der Waals surface area contributed by atoms with Gasteiger partial charge in [-0.2, -0.15) is 0 Å². The number of ether oxygens (including phenoxy) is 1. The van der Waals surface area contributed by atoms with E-state index in [1.807, 2.05) is 31.2 Å². The van der Waals surface area contributed by atoms with E-state index in [1.165, 1.54) is 0 Å². The minimum atomic E-state index is -0.362. The van der Waals surface area contributed by atoms with Crippen molar-refractivity contribution in [1.82, 2.24) is 5.32 Å². The summed E-state index contributed by atoms with van der Waals surface area (Å²) in [7, 11) is 1.61. The van der Waals surface area contributed by atoms with Crippen molar-refractivity contribution in [2.24, 2.45) is 5.92 Å². The van der Waals surface area contributed by atoms with E-state index in [0.717, 1.165) is 17.0 Å². The van der Waals surface area contributed by atoms with Crippen molar-refractivity contribution >= 4 is 29.1 Å². The monoisotopic (exact) mass is 372 g/mol. The van der Waals surface area contributed by atoms with Crippen molar-refractivity contribution in [2.45, 2.75) is 19.4 Å². The molecule has 26 heavy (non-hydrogen) atoms. The predicted molar refractivity (Wildman–Crippen MR) is 101 cm³/mol. The Kier molecular flexibility index (Phi) is 5.47. The van der Waals surface area contributed by atoms with Gasteiger partial charge in [-0.25, -0.2) is 0 Å². The number of rotatable bonds is 5. The SMILES string of the molecule is COc1ccc(C(C)NC(=O)C2CC(=O)N(c3ccc(Cl)cc3)C2)cc1. The first-order chi connectivity index (χ1) is 12.5. The number of amides is 2. The van der Waals surface area contributed by atoms with E-state index in [2.05, 4.69) is 5.32 Å². The van der Waals surface area contributed by atoms with Crippen LogP contribution in [0.15, 0.2) is 48.5 Å². The van der Waals surface area contributed by atoms with E-state index >= 15 is 0 Å². The standard InChI is InChI=1S/C20H21ClN2O3/c1-13(14-3-9-18(26-2)10-4-14)22-20(25)15-11-19(24)23(12-15)17-7-5-16(21)6-8-17/h3-10,13,15H,11-12H2,1-2H3,(H,22,25). The summed E-state index contributed by atoms with van der Waals surface area (Å²) >= 11 is 5.89. The normalized spacial score (nSPS) is 17.9. The van der Waals surface area contributed by atoms with Gasteiger partial charge in [0.2, 0.25) is 11.8 Å². The Bertz CT molecular complexity index is 790. The summed E-state index contributed by atoms with van der Waals surface area (Å²) in [6, 6.07) is 14.5. The molecule has 0 aromatic heterocycles. The number of carbonyl (C=O) groups is 2. The highest BCUT2D eigenvalue weighted by Gasteiger charge is 2.35. The Morgan fingerprint density at radius 1 is 1.19 bits per heavy atom.